The summed E-state index contributed by atoms with van der Waals surface area (Å²) in [4.78, 5) is 24.3. The number of carbonyl (C=O) groups excluding carboxylic acids is 1. The molecule has 9 heteroatoms. The van der Waals surface area contributed by atoms with E-state index in [1.165, 1.54) is 88.5 Å². The number of aliphatic hydroxyl groups excluding tert-OH is 2. The number of hydrogen-bond donors (Lipinski definition) is 2. The van der Waals surface area contributed by atoms with Gasteiger partial charge in [-0.15, -0.1) is 0 Å². The molecule has 0 unspecified atom stereocenters. The summed E-state index contributed by atoms with van der Waals surface area (Å²) in [6, 6.07) is 6.48. The molecule has 2 N–H and O–H groups in total. The highest BCUT2D eigenvalue weighted by atomic mass is 127. The number of ether oxygens (including phenoxy) is 2. The molecule has 0 amide bonds. The first kappa shape index (κ1) is 34.4. The Morgan fingerprint density at radius 1 is 0.927 bits per heavy atom. The standard InChI is InChI=1S/C32H47IO7S/c1-3-4-5-6-7-8-9-10-11-12-13-14-15-16-28(35)41-21-26-29(33)30(36)31(37)32(40-26)38-23-17-18-24-22(2)19-27(34)39-25(24)20-23/h17-20,26,29-32,36-37H,3-16,21H2,1-2H3/t26-,29-,30+,31-,32-/m0/s1. The van der Waals surface area contributed by atoms with Gasteiger partial charge in [0.05, 0.1) is 10.0 Å². The molecular weight excluding hydrogens is 655 g/mol. The molecule has 5 atom stereocenters. The summed E-state index contributed by atoms with van der Waals surface area (Å²) in [5.41, 5.74) is 0.710. The molecule has 41 heavy (non-hydrogen) atoms. The summed E-state index contributed by atoms with van der Waals surface area (Å²) in [6.07, 6.45) is 13.1. The van der Waals surface area contributed by atoms with Gasteiger partial charge < -0.3 is 24.1 Å². The van der Waals surface area contributed by atoms with Crippen molar-refractivity contribution in [1.82, 2.24) is 0 Å². The monoisotopic (exact) mass is 702 g/mol. The summed E-state index contributed by atoms with van der Waals surface area (Å²) in [6.45, 7) is 4.08. The molecule has 3 rings (SSSR count). The lowest BCUT2D eigenvalue weighted by Gasteiger charge is -2.40. The van der Waals surface area contributed by atoms with Crippen LogP contribution in [0.1, 0.15) is 102 Å². The highest BCUT2D eigenvalue weighted by Gasteiger charge is 2.44. The van der Waals surface area contributed by atoms with E-state index in [1.54, 1.807) is 18.2 Å². The maximum atomic E-state index is 12.5. The fourth-order valence-electron chi connectivity index (χ4n) is 5.17. The first-order chi connectivity index (χ1) is 19.8. The maximum absolute atomic E-state index is 12.5. The van der Waals surface area contributed by atoms with E-state index in [4.69, 9.17) is 13.9 Å². The predicted molar refractivity (Wildman–Crippen MR) is 174 cm³/mol. The lowest BCUT2D eigenvalue weighted by molar-refractivity contribution is -0.224. The molecule has 0 bridgehead atoms. The number of alkyl halides is 1. The minimum absolute atomic E-state index is 0.123. The third kappa shape index (κ3) is 11.5. The average Bonchev–Trinajstić information content (AvgIpc) is 2.94. The Morgan fingerprint density at radius 3 is 2.17 bits per heavy atom. The molecule has 2 aromatic rings. The van der Waals surface area contributed by atoms with Crippen LogP contribution in [0.4, 0.5) is 0 Å². The number of thioether (sulfide) groups is 1. The number of aryl methyl sites for hydroxylation is 1. The van der Waals surface area contributed by atoms with Gasteiger partial charge in [-0.2, -0.15) is 0 Å². The molecule has 2 heterocycles. The van der Waals surface area contributed by atoms with Crippen LogP contribution in [-0.4, -0.2) is 49.6 Å². The first-order valence-corrected chi connectivity index (χ1v) is 17.6. The SMILES string of the molecule is CCCCCCCCCCCCCCCC(=O)SC[C@@H]1O[C@H](Oc2ccc3c(C)cc(=O)oc3c2)[C@@H](O)[C@H](O)[C@H]1I. The van der Waals surface area contributed by atoms with Crippen LogP contribution in [0.3, 0.4) is 0 Å². The van der Waals surface area contributed by atoms with Gasteiger partial charge in [-0.25, -0.2) is 4.79 Å². The normalized spacial score (nSPS) is 22.7. The highest BCUT2D eigenvalue weighted by Crippen LogP contribution is 2.32. The third-order valence-corrected chi connectivity index (χ3v) is 10.2. The minimum atomic E-state index is -1.26. The largest absolute Gasteiger partial charge is 0.462 e. The van der Waals surface area contributed by atoms with Gasteiger partial charge in [0.2, 0.25) is 6.29 Å². The van der Waals surface area contributed by atoms with Crippen molar-refractivity contribution in [2.24, 2.45) is 0 Å². The van der Waals surface area contributed by atoms with E-state index >= 15 is 0 Å². The van der Waals surface area contributed by atoms with Crippen molar-refractivity contribution in [3.63, 3.8) is 0 Å². The molecular formula is C32H47IO7S. The van der Waals surface area contributed by atoms with E-state index in [9.17, 15) is 19.8 Å². The van der Waals surface area contributed by atoms with Crippen LogP contribution in [0.15, 0.2) is 33.5 Å². The van der Waals surface area contributed by atoms with Crippen LogP contribution in [0.5, 0.6) is 5.75 Å². The summed E-state index contributed by atoms with van der Waals surface area (Å²) < 4.78 is 16.8. The van der Waals surface area contributed by atoms with E-state index in [2.05, 4.69) is 29.5 Å². The van der Waals surface area contributed by atoms with Crippen LogP contribution < -0.4 is 10.4 Å². The van der Waals surface area contributed by atoms with Gasteiger partial charge in [0.1, 0.15) is 23.5 Å². The Kier molecular flexibility index (Phi) is 15.5. The first-order valence-electron chi connectivity index (χ1n) is 15.3. The second-order valence-electron chi connectivity index (χ2n) is 11.2. The van der Waals surface area contributed by atoms with Gasteiger partial charge >= 0.3 is 5.63 Å². The average molecular weight is 703 g/mol. The summed E-state index contributed by atoms with van der Waals surface area (Å²) in [7, 11) is 0. The highest BCUT2D eigenvalue weighted by molar-refractivity contribution is 14.1. The molecule has 1 aliphatic heterocycles. The molecule has 230 valence electrons. The van der Waals surface area contributed by atoms with Crippen molar-refractivity contribution < 1.29 is 28.9 Å². The number of rotatable bonds is 18. The number of carbonyl (C=O) groups is 1. The van der Waals surface area contributed by atoms with Crippen molar-refractivity contribution in [3.8, 4) is 5.75 Å². The zero-order valence-corrected chi connectivity index (χ0v) is 27.5. The van der Waals surface area contributed by atoms with Gasteiger partial charge in [-0.1, -0.05) is 118 Å². The lowest BCUT2D eigenvalue weighted by atomic mass is 10.0. The Labute approximate surface area is 262 Å². The Balaban J connectivity index is 1.34. The summed E-state index contributed by atoms with van der Waals surface area (Å²) >= 11 is 3.29. The number of benzene rings is 1. The number of hydrogen-bond acceptors (Lipinski definition) is 8. The second-order valence-corrected chi connectivity index (χ2v) is 13.7. The van der Waals surface area contributed by atoms with Crippen molar-refractivity contribution in [2.75, 3.05) is 5.75 Å². The zero-order valence-electron chi connectivity index (χ0n) is 24.5. The molecule has 0 radical (unpaired) electrons. The summed E-state index contributed by atoms with van der Waals surface area (Å²) in [5.74, 6) is 0.722. The predicted octanol–water partition coefficient (Wildman–Crippen LogP) is 7.47. The Bertz CT molecular complexity index is 1120. The quantitative estimate of drug-likeness (QED) is 0.0714. The lowest BCUT2D eigenvalue weighted by Crippen LogP contribution is -2.57. The minimum Gasteiger partial charge on any atom is -0.462 e. The van der Waals surface area contributed by atoms with Crippen LogP contribution in [-0.2, 0) is 9.53 Å². The van der Waals surface area contributed by atoms with Crippen LogP contribution >= 0.6 is 34.4 Å². The molecule has 0 saturated carbocycles. The van der Waals surface area contributed by atoms with E-state index in [1.807, 2.05) is 6.92 Å². The van der Waals surface area contributed by atoms with Gasteiger partial charge in [0.25, 0.3) is 0 Å². The molecule has 1 saturated heterocycles. The zero-order chi connectivity index (χ0) is 29.6. The smallest absolute Gasteiger partial charge is 0.336 e. The molecule has 1 fully saturated rings. The van der Waals surface area contributed by atoms with Crippen LogP contribution in [0.25, 0.3) is 11.0 Å². The maximum Gasteiger partial charge on any atom is 0.336 e. The van der Waals surface area contributed by atoms with E-state index in [0.717, 1.165) is 23.8 Å². The molecule has 1 aromatic carbocycles. The Morgan fingerprint density at radius 2 is 1.54 bits per heavy atom. The third-order valence-electron chi connectivity index (χ3n) is 7.69. The molecule has 0 spiro atoms. The fraction of sp³-hybridized carbons (Fsp3) is 0.688. The van der Waals surface area contributed by atoms with Crippen molar-refractivity contribution in [1.29, 1.82) is 0 Å². The van der Waals surface area contributed by atoms with Gasteiger partial charge in [-0.3, -0.25) is 4.79 Å². The number of unbranched alkanes of at least 4 members (excludes halogenated alkanes) is 12. The van der Waals surface area contributed by atoms with E-state index in [0.29, 0.717) is 23.5 Å². The Hall–Kier alpha value is -1.14. The number of fused-ring (bicyclic) bond motifs is 1. The number of aliphatic hydroxyl groups is 2. The van der Waals surface area contributed by atoms with Gasteiger partial charge in [-0.05, 0) is 31.0 Å². The van der Waals surface area contributed by atoms with Crippen LogP contribution in [0.2, 0.25) is 0 Å². The fourth-order valence-corrected chi connectivity index (χ4v) is 7.29. The molecule has 7 nitrogen and oxygen atoms in total. The molecule has 1 aliphatic rings. The van der Waals surface area contributed by atoms with E-state index in [-0.39, 0.29) is 5.12 Å². The number of halogens is 1. The van der Waals surface area contributed by atoms with Gasteiger partial charge in [0.15, 0.2) is 5.12 Å². The van der Waals surface area contributed by atoms with E-state index < -0.39 is 34.2 Å². The topological polar surface area (TPSA) is 106 Å². The molecule has 0 aliphatic carbocycles. The summed E-state index contributed by atoms with van der Waals surface area (Å²) in [5, 5.41) is 22.1. The van der Waals surface area contributed by atoms with Crippen molar-refractivity contribution in [2.45, 2.75) is 132 Å². The van der Waals surface area contributed by atoms with Crippen molar-refractivity contribution in [3.05, 3.63) is 40.2 Å². The molecule has 1 aromatic heterocycles. The van der Waals surface area contributed by atoms with Crippen molar-refractivity contribution >= 4 is 50.4 Å². The van der Waals surface area contributed by atoms with Gasteiger partial charge in [0, 0.05) is 29.7 Å². The van der Waals surface area contributed by atoms with Crippen LogP contribution in [0, 0.1) is 6.92 Å². The second kappa shape index (κ2) is 18.5.